The summed E-state index contributed by atoms with van der Waals surface area (Å²) in [5.41, 5.74) is 9.45. The molecule has 0 amide bonds. The molecule has 1 aromatic carbocycles. The summed E-state index contributed by atoms with van der Waals surface area (Å²) in [5.74, 6) is 0. The molecule has 3 aromatic heterocycles. The molecule has 20 heavy (non-hydrogen) atoms. The number of nitrogens with zero attached hydrogens (tertiary/aromatic N) is 2. The molecular weight excluding hydrogens is 292 g/mol. The van der Waals surface area contributed by atoms with Gasteiger partial charge in [-0.25, -0.2) is 9.97 Å². The van der Waals surface area contributed by atoms with Crippen LogP contribution in [0.4, 0.5) is 5.13 Å². The molecule has 4 aromatic rings. The Morgan fingerprint density at radius 2 is 2.00 bits per heavy atom. The van der Waals surface area contributed by atoms with Gasteiger partial charge < -0.3 is 10.7 Å². The first kappa shape index (κ1) is 11.7. The van der Waals surface area contributed by atoms with E-state index >= 15 is 0 Å². The Kier molecular flexibility index (Phi) is 2.45. The number of nitrogens with two attached hydrogens (primary N) is 1. The average molecular weight is 301 g/mol. The number of nitrogens with one attached hydrogen (secondary N) is 1. The van der Waals surface area contributed by atoms with Crippen molar-refractivity contribution in [3.63, 3.8) is 0 Å². The van der Waals surface area contributed by atoms with Crippen molar-refractivity contribution in [3.05, 3.63) is 40.9 Å². The van der Waals surface area contributed by atoms with Crippen LogP contribution in [0.2, 0.25) is 5.15 Å². The Bertz CT molecular complexity index is 941. The van der Waals surface area contributed by atoms with Gasteiger partial charge in [-0.1, -0.05) is 17.7 Å². The maximum Gasteiger partial charge on any atom is 0.180 e. The lowest BCUT2D eigenvalue weighted by atomic mass is 10.1. The number of aromatic nitrogens is 3. The van der Waals surface area contributed by atoms with Gasteiger partial charge in [0.15, 0.2) is 5.13 Å². The fraction of sp³-hybridized carbons (Fsp3) is 0. The number of hydrogen-bond acceptors (Lipinski definition) is 4. The lowest BCUT2D eigenvalue weighted by Crippen LogP contribution is -1.82. The zero-order valence-corrected chi connectivity index (χ0v) is 11.8. The van der Waals surface area contributed by atoms with Crippen LogP contribution in [0.1, 0.15) is 0 Å². The van der Waals surface area contributed by atoms with Crippen LogP contribution < -0.4 is 5.73 Å². The molecule has 3 N–H and O–H groups in total. The van der Waals surface area contributed by atoms with Crippen LogP contribution >= 0.6 is 22.9 Å². The van der Waals surface area contributed by atoms with Crippen LogP contribution in [0.5, 0.6) is 0 Å². The molecule has 4 nitrogen and oxygen atoms in total. The van der Waals surface area contributed by atoms with E-state index in [1.807, 2.05) is 23.6 Å². The Hall–Kier alpha value is -2.11. The molecule has 0 unspecified atom stereocenters. The van der Waals surface area contributed by atoms with Crippen LogP contribution in [0.15, 0.2) is 35.7 Å². The SMILES string of the molecule is Nc1nc(-c2ccc3[nH]c4nc(Cl)ccc4c3c2)cs1. The van der Waals surface area contributed by atoms with E-state index in [2.05, 4.69) is 21.0 Å². The molecule has 0 fully saturated rings. The number of nitrogen functional groups attached to an aromatic ring is 1. The number of aromatic amines is 1. The molecule has 3 heterocycles. The fourth-order valence-corrected chi connectivity index (χ4v) is 3.05. The molecule has 0 saturated heterocycles. The van der Waals surface area contributed by atoms with E-state index < -0.39 is 0 Å². The van der Waals surface area contributed by atoms with Crippen LogP contribution in [-0.4, -0.2) is 15.0 Å². The average Bonchev–Trinajstić information content (AvgIpc) is 3.00. The summed E-state index contributed by atoms with van der Waals surface area (Å²) < 4.78 is 0. The first-order valence-electron chi connectivity index (χ1n) is 6.00. The lowest BCUT2D eigenvalue weighted by molar-refractivity contribution is 1.35. The van der Waals surface area contributed by atoms with E-state index in [0.29, 0.717) is 10.3 Å². The largest absolute Gasteiger partial charge is 0.375 e. The highest BCUT2D eigenvalue weighted by Gasteiger charge is 2.09. The molecule has 0 atom stereocenters. The number of benzene rings is 1. The van der Waals surface area contributed by atoms with Gasteiger partial charge in [0, 0.05) is 27.2 Å². The maximum absolute atomic E-state index is 5.92. The van der Waals surface area contributed by atoms with Gasteiger partial charge in [-0.15, -0.1) is 11.3 Å². The summed E-state index contributed by atoms with van der Waals surface area (Å²) in [6.07, 6.45) is 0. The second-order valence-electron chi connectivity index (χ2n) is 4.49. The number of anilines is 1. The molecule has 98 valence electrons. The predicted octanol–water partition coefficient (Wildman–Crippen LogP) is 4.08. The van der Waals surface area contributed by atoms with Crippen molar-refractivity contribution in [2.45, 2.75) is 0 Å². The molecule has 0 aliphatic carbocycles. The third-order valence-electron chi connectivity index (χ3n) is 3.24. The molecule has 0 spiro atoms. The van der Waals surface area contributed by atoms with Crippen molar-refractivity contribution in [1.82, 2.24) is 15.0 Å². The normalized spacial score (nSPS) is 11.4. The highest BCUT2D eigenvalue weighted by atomic mass is 35.5. The second kappa shape index (κ2) is 4.19. The predicted molar refractivity (Wildman–Crippen MR) is 84.1 cm³/mol. The number of H-pyrrole nitrogens is 1. The molecule has 0 saturated carbocycles. The van der Waals surface area contributed by atoms with Gasteiger partial charge in [-0.2, -0.15) is 0 Å². The first-order valence-corrected chi connectivity index (χ1v) is 7.26. The van der Waals surface area contributed by atoms with Gasteiger partial charge in [-0.3, -0.25) is 0 Å². The monoisotopic (exact) mass is 300 g/mol. The minimum atomic E-state index is 0.483. The zero-order valence-electron chi connectivity index (χ0n) is 10.2. The second-order valence-corrected chi connectivity index (χ2v) is 5.76. The molecule has 0 bridgehead atoms. The van der Waals surface area contributed by atoms with Crippen molar-refractivity contribution < 1.29 is 0 Å². The van der Waals surface area contributed by atoms with E-state index in [-0.39, 0.29) is 0 Å². The lowest BCUT2D eigenvalue weighted by Gasteiger charge is -1.97. The summed E-state index contributed by atoms with van der Waals surface area (Å²) in [4.78, 5) is 11.9. The van der Waals surface area contributed by atoms with Crippen molar-refractivity contribution in [2.75, 3.05) is 5.73 Å². The van der Waals surface area contributed by atoms with Crippen LogP contribution in [-0.2, 0) is 0 Å². The van der Waals surface area contributed by atoms with E-state index in [1.54, 1.807) is 6.07 Å². The number of halogens is 1. The maximum atomic E-state index is 5.92. The topological polar surface area (TPSA) is 67.6 Å². The van der Waals surface area contributed by atoms with E-state index in [9.17, 15) is 0 Å². The molecule has 0 aliphatic heterocycles. The van der Waals surface area contributed by atoms with Crippen LogP contribution in [0, 0.1) is 0 Å². The van der Waals surface area contributed by atoms with Crippen LogP contribution in [0.3, 0.4) is 0 Å². The summed E-state index contributed by atoms with van der Waals surface area (Å²) in [6.45, 7) is 0. The summed E-state index contributed by atoms with van der Waals surface area (Å²) in [5, 5.41) is 5.17. The molecule has 6 heteroatoms. The standard InChI is InChI=1S/C14H9ClN4S/c15-12-4-2-8-9-5-7(11-6-20-14(16)18-11)1-3-10(9)17-13(8)19-12/h1-6H,(H2,16,18)(H,17,19). The molecule has 0 radical (unpaired) electrons. The van der Waals surface area contributed by atoms with E-state index in [4.69, 9.17) is 17.3 Å². The van der Waals surface area contributed by atoms with E-state index in [0.717, 1.165) is 33.2 Å². The number of fused-ring (bicyclic) bond motifs is 3. The smallest absolute Gasteiger partial charge is 0.180 e. The highest BCUT2D eigenvalue weighted by Crippen LogP contribution is 2.30. The fourth-order valence-electron chi connectivity index (χ4n) is 2.33. The minimum Gasteiger partial charge on any atom is -0.375 e. The molecular formula is C14H9ClN4S. The molecule has 0 aliphatic rings. The van der Waals surface area contributed by atoms with Crippen molar-refractivity contribution >= 4 is 50.0 Å². The van der Waals surface area contributed by atoms with Crippen molar-refractivity contribution in [2.24, 2.45) is 0 Å². The number of hydrogen-bond donors (Lipinski definition) is 2. The number of rotatable bonds is 1. The van der Waals surface area contributed by atoms with Gasteiger partial charge in [0.1, 0.15) is 10.8 Å². The summed E-state index contributed by atoms with van der Waals surface area (Å²) >= 11 is 7.36. The van der Waals surface area contributed by atoms with Crippen molar-refractivity contribution in [1.29, 1.82) is 0 Å². The van der Waals surface area contributed by atoms with Gasteiger partial charge in [0.05, 0.1) is 5.69 Å². The summed E-state index contributed by atoms with van der Waals surface area (Å²) in [7, 11) is 0. The Morgan fingerprint density at radius 3 is 2.80 bits per heavy atom. The first-order chi connectivity index (χ1) is 9.70. The Balaban J connectivity index is 2.00. The van der Waals surface area contributed by atoms with Crippen LogP contribution in [0.25, 0.3) is 33.2 Å². The third kappa shape index (κ3) is 1.75. The van der Waals surface area contributed by atoms with Gasteiger partial charge in [-0.05, 0) is 24.3 Å². The van der Waals surface area contributed by atoms with E-state index in [1.165, 1.54) is 11.3 Å². The molecule has 4 rings (SSSR count). The Morgan fingerprint density at radius 1 is 1.10 bits per heavy atom. The Labute approximate surface area is 123 Å². The third-order valence-corrected chi connectivity index (χ3v) is 4.13. The van der Waals surface area contributed by atoms with Gasteiger partial charge in [0.25, 0.3) is 0 Å². The van der Waals surface area contributed by atoms with Crippen molar-refractivity contribution in [3.8, 4) is 11.3 Å². The minimum absolute atomic E-state index is 0.483. The quantitative estimate of drug-likeness (QED) is 0.521. The number of thiazole rings is 1. The highest BCUT2D eigenvalue weighted by molar-refractivity contribution is 7.13. The van der Waals surface area contributed by atoms with Gasteiger partial charge >= 0.3 is 0 Å². The summed E-state index contributed by atoms with van der Waals surface area (Å²) in [6, 6.07) is 9.91. The van der Waals surface area contributed by atoms with Gasteiger partial charge in [0.2, 0.25) is 0 Å². The zero-order chi connectivity index (χ0) is 13.7. The number of pyridine rings is 1.